The zero-order valence-electron chi connectivity index (χ0n) is 16.1. The number of carbonyl (C=O) groups excluding carboxylic acids is 1. The van der Waals surface area contributed by atoms with E-state index in [4.69, 9.17) is 4.74 Å². The van der Waals surface area contributed by atoms with E-state index in [2.05, 4.69) is 20.6 Å². The van der Waals surface area contributed by atoms with E-state index in [1.54, 1.807) is 7.11 Å². The smallest absolute Gasteiger partial charge is 0.230 e. The molecule has 28 heavy (non-hydrogen) atoms. The van der Waals surface area contributed by atoms with Gasteiger partial charge in [-0.2, -0.15) is 0 Å². The van der Waals surface area contributed by atoms with Crippen LogP contribution in [0, 0.1) is 0 Å². The fourth-order valence-corrected chi connectivity index (χ4v) is 3.42. The molecule has 0 fully saturated rings. The van der Waals surface area contributed by atoms with Crippen LogP contribution in [0.25, 0.3) is 10.9 Å². The molecule has 1 heterocycles. The van der Waals surface area contributed by atoms with Gasteiger partial charge in [-0.05, 0) is 43.2 Å². The molecule has 0 saturated heterocycles. The average Bonchev–Trinajstić information content (AvgIpc) is 2.73. The molecule has 0 bridgehead atoms. The van der Waals surface area contributed by atoms with Crippen LogP contribution >= 0.6 is 11.8 Å². The Morgan fingerprint density at radius 3 is 2.64 bits per heavy atom. The van der Waals surface area contributed by atoms with E-state index in [0.29, 0.717) is 11.7 Å². The van der Waals surface area contributed by atoms with Gasteiger partial charge >= 0.3 is 0 Å². The van der Waals surface area contributed by atoms with Crippen LogP contribution in [0.5, 0.6) is 5.75 Å². The van der Waals surface area contributed by atoms with Gasteiger partial charge < -0.3 is 15.4 Å². The summed E-state index contributed by atoms with van der Waals surface area (Å²) < 4.78 is 5.15. The highest BCUT2D eigenvalue weighted by molar-refractivity contribution is 7.99. The number of aromatic nitrogens is 2. The van der Waals surface area contributed by atoms with Gasteiger partial charge in [-0.3, -0.25) is 4.79 Å². The number of nitrogens with zero attached hydrogens (tertiary/aromatic N) is 2. The van der Waals surface area contributed by atoms with Gasteiger partial charge in [0.2, 0.25) is 5.91 Å². The molecule has 1 amide bonds. The number of anilines is 1. The van der Waals surface area contributed by atoms with Crippen LogP contribution in [-0.4, -0.2) is 41.8 Å². The predicted octanol–water partition coefficient (Wildman–Crippen LogP) is 3.52. The van der Waals surface area contributed by atoms with E-state index in [9.17, 15) is 4.79 Å². The molecule has 0 spiro atoms. The topological polar surface area (TPSA) is 76.1 Å². The molecule has 0 aliphatic rings. The normalized spacial score (nSPS) is 10.6. The number of ether oxygens (including phenoxy) is 1. The van der Waals surface area contributed by atoms with Crippen LogP contribution in [0.1, 0.15) is 12.5 Å². The third kappa shape index (κ3) is 5.36. The largest absolute Gasteiger partial charge is 0.497 e. The second-order valence-electron chi connectivity index (χ2n) is 6.14. The Hall–Kier alpha value is -2.80. The summed E-state index contributed by atoms with van der Waals surface area (Å²) in [5.74, 6) is 1.89. The lowest BCUT2D eigenvalue weighted by molar-refractivity contribution is -0.118. The zero-order chi connectivity index (χ0) is 19.8. The van der Waals surface area contributed by atoms with Crippen LogP contribution < -0.4 is 15.4 Å². The van der Waals surface area contributed by atoms with Crippen LogP contribution in [0.3, 0.4) is 0 Å². The van der Waals surface area contributed by atoms with E-state index in [0.717, 1.165) is 41.0 Å². The number of fused-ring (bicyclic) bond motifs is 1. The van der Waals surface area contributed by atoms with Crippen molar-refractivity contribution in [2.75, 3.05) is 31.3 Å². The molecule has 0 saturated carbocycles. The molecule has 146 valence electrons. The first-order chi connectivity index (χ1) is 13.7. The van der Waals surface area contributed by atoms with E-state index < -0.39 is 0 Å². The van der Waals surface area contributed by atoms with Gasteiger partial charge in [-0.25, -0.2) is 9.97 Å². The summed E-state index contributed by atoms with van der Waals surface area (Å²) in [4.78, 5) is 21.3. The fourth-order valence-electron chi connectivity index (χ4n) is 2.74. The summed E-state index contributed by atoms with van der Waals surface area (Å²) in [5.41, 5.74) is 2.03. The van der Waals surface area contributed by atoms with Crippen molar-refractivity contribution in [1.29, 1.82) is 0 Å². The highest BCUT2D eigenvalue weighted by Gasteiger charge is 2.09. The predicted molar refractivity (Wildman–Crippen MR) is 114 cm³/mol. The molecule has 1 aromatic heterocycles. The summed E-state index contributed by atoms with van der Waals surface area (Å²) in [6.07, 6.45) is 0.775. The summed E-state index contributed by atoms with van der Waals surface area (Å²) in [5, 5.41) is 7.79. The molecule has 0 radical (unpaired) electrons. The lowest BCUT2D eigenvalue weighted by Gasteiger charge is -2.09. The van der Waals surface area contributed by atoms with E-state index in [-0.39, 0.29) is 11.7 Å². The number of hydrogen-bond acceptors (Lipinski definition) is 6. The van der Waals surface area contributed by atoms with Gasteiger partial charge in [-0.1, -0.05) is 36.0 Å². The maximum atomic E-state index is 12.2. The molecule has 0 aliphatic heterocycles. The zero-order valence-corrected chi connectivity index (χ0v) is 16.9. The maximum absolute atomic E-state index is 12.2. The average molecular weight is 397 g/mol. The Labute approximate surface area is 169 Å². The number of nitrogens with one attached hydrogen (secondary N) is 2. The number of amides is 1. The van der Waals surface area contributed by atoms with Crippen molar-refractivity contribution in [3.05, 3.63) is 54.1 Å². The summed E-state index contributed by atoms with van der Waals surface area (Å²) in [7, 11) is 1.65. The van der Waals surface area contributed by atoms with Crippen LogP contribution in [0.2, 0.25) is 0 Å². The molecular weight excluding hydrogens is 372 g/mol. The molecule has 3 rings (SSSR count). The highest BCUT2D eigenvalue weighted by atomic mass is 32.2. The SMILES string of the molecule is CCNc1nc(SCC(=O)NCCc2ccc(OC)cc2)nc2ccccc12. The summed E-state index contributed by atoms with van der Waals surface area (Å²) in [6.45, 7) is 3.39. The quantitative estimate of drug-likeness (QED) is 0.426. The fraction of sp³-hybridized carbons (Fsp3) is 0.286. The molecule has 0 unspecified atom stereocenters. The Bertz CT molecular complexity index is 931. The second-order valence-corrected chi connectivity index (χ2v) is 7.08. The summed E-state index contributed by atoms with van der Waals surface area (Å²) >= 11 is 1.34. The van der Waals surface area contributed by atoms with E-state index in [1.165, 1.54) is 11.8 Å². The number of benzene rings is 2. The standard InChI is InChI=1S/C21H24N4O2S/c1-3-22-20-17-6-4-5-7-18(17)24-21(25-20)28-14-19(26)23-13-12-15-8-10-16(27-2)11-9-15/h4-11H,3,12-14H2,1-2H3,(H,23,26)(H,22,24,25). The van der Waals surface area contributed by atoms with Crippen LogP contribution in [0.4, 0.5) is 5.82 Å². The third-order valence-corrected chi connectivity index (χ3v) is 5.00. The van der Waals surface area contributed by atoms with Gasteiger partial charge in [-0.15, -0.1) is 0 Å². The Morgan fingerprint density at radius 1 is 1.11 bits per heavy atom. The molecule has 7 heteroatoms. The molecule has 0 atom stereocenters. The Morgan fingerprint density at radius 2 is 1.89 bits per heavy atom. The lowest BCUT2D eigenvalue weighted by Crippen LogP contribution is -2.27. The van der Waals surface area contributed by atoms with Crippen molar-refractivity contribution in [2.24, 2.45) is 0 Å². The van der Waals surface area contributed by atoms with E-state index in [1.807, 2.05) is 55.5 Å². The monoisotopic (exact) mass is 396 g/mol. The number of para-hydroxylation sites is 1. The minimum absolute atomic E-state index is 0.0275. The molecule has 6 nitrogen and oxygen atoms in total. The maximum Gasteiger partial charge on any atom is 0.230 e. The van der Waals surface area contributed by atoms with Gasteiger partial charge in [0.1, 0.15) is 11.6 Å². The first kappa shape index (κ1) is 19.9. The van der Waals surface area contributed by atoms with Crippen molar-refractivity contribution in [2.45, 2.75) is 18.5 Å². The second kappa shape index (κ2) is 9.94. The molecule has 0 aliphatic carbocycles. The van der Waals surface area contributed by atoms with Crippen molar-refractivity contribution in [3.63, 3.8) is 0 Å². The number of rotatable bonds is 9. The molecule has 2 N–H and O–H groups in total. The van der Waals surface area contributed by atoms with Crippen molar-refractivity contribution in [3.8, 4) is 5.75 Å². The number of thioether (sulfide) groups is 1. The van der Waals surface area contributed by atoms with Crippen molar-refractivity contribution < 1.29 is 9.53 Å². The summed E-state index contributed by atoms with van der Waals surface area (Å²) in [6, 6.07) is 15.7. The van der Waals surface area contributed by atoms with Crippen molar-refractivity contribution >= 4 is 34.4 Å². The number of methoxy groups -OCH3 is 1. The first-order valence-corrected chi connectivity index (χ1v) is 10.2. The van der Waals surface area contributed by atoms with Gasteiger partial charge in [0.25, 0.3) is 0 Å². The minimum Gasteiger partial charge on any atom is -0.497 e. The first-order valence-electron chi connectivity index (χ1n) is 9.22. The van der Waals surface area contributed by atoms with Crippen molar-refractivity contribution in [1.82, 2.24) is 15.3 Å². The van der Waals surface area contributed by atoms with Gasteiger partial charge in [0, 0.05) is 18.5 Å². The molecular formula is C21H24N4O2S. The van der Waals surface area contributed by atoms with Gasteiger partial charge in [0.05, 0.1) is 18.4 Å². The molecule has 3 aromatic rings. The number of carbonyl (C=O) groups is 1. The Kier molecular flexibility index (Phi) is 7.08. The highest BCUT2D eigenvalue weighted by Crippen LogP contribution is 2.24. The Balaban J connectivity index is 1.52. The molecule has 2 aromatic carbocycles. The third-order valence-electron chi connectivity index (χ3n) is 4.15. The van der Waals surface area contributed by atoms with E-state index >= 15 is 0 Å². The number of hydrogen-bond donors (Lipinski definition) is 2. The lowest BCUT2D eigenvalue weighted by atomic mass is 10.1. The van der Waals surface area contributed by atoms with Crippen LogP contribution in [-0.2, 0) is 11.2 Å². The van der Waals surface area contributed by atoms with Crippen LogP contribution in [0.15, 0.2) is 53.7 Å². The minimum atomic E-state index is -0.0275. The van der Waals surface area contributed by atoms with Gasteiger partial charge in [0.15, 0.2) is 5.16 Å².